The third-order valence-corrected chi connectivity index (χ3v) is 4.95. The predicted octanol–water partition coefficient (Wildman–Crippen LogP) is 4.56. The van der Waals surface area contributed by atoms with Gasteiger partial charge < -0.3 is 10.2 Å². The van der Waals surface area contributed by atoms with Crippen LogP contribution in [0.3, 0.4) is 0 Å². The van der Waals surface area contributed by atoms with Gasteiger partial charge in [0.15, 0.2) is 0 Å². The lowest BCUT2D eigenvalue weighted by Crippen LogP contribution is -2.39. The number of nitrogens with zero attached hydrogens (tertiary/aromatic N) is 1. The van der Waals surface area contributed by atoms with Gasteiger partial charge in [-0.05, 0) is 75.9 Å². The predicted molar refractivity (Wildman–Crippen MR) is 93.0 cm³/mol. The number of hydrogen-bond acceptors (Lipinski definition) is 2. The fourth-order valence-corrected chi connectivity index (χ4v) is 3.30. The SMILES string of the molecule is CCCCc1ccc(NC(C)C2CCN(CC)CC2)cc1. The van der Waals surface area contributed by atoms with E-state index in [0.717, 1.165) is 5.92 Å². The Bertz CT molecular complexity index is 391. The van der Waals surface area contributed by atoms with Crippen molar-refractivity contribution in [2.24, 2.45) is 5.92 Å². The molecule has 1 N–H and O–H groups in total. The summed E-state index contributed by atoms with van der Waals surface area (Å²) in [6, 6.07) is 9.64. The molecule has 0 bridgehead atoms. The van der Waals surface area contributed by atoms with E-state index in [-0.39, 0.29) is 0 Å². The Morgan fingerprint density at radius 2 is 1.81 bits per heavy atom. The monoisotopic (exact) mass is 288 g/mol. The van der Waals surface area contributed by atoms with E-state index in [1.807, 2.05) is 0 Å². The average Bonchev–Trinajstić information content (AvgIpc) is 2.54. The van der Waals surface area contributed by atoms with Crippen LogP contribution >= 0.6 is 0 Å². The maximum absolute atomic E-state index is 3.71. The molecule has 2 heteroatoms. The molecule has 0 aromatic heterocycles. The molecule has 0 aliphatic carbocycles. The maximum Gasteiger partial charge on any atom is 0.0342 e. The molecule has 1 unspecified atom stereocenters. The van der Waals surface area contributed by atoms with Gasteiger partial charge in [0, 0.05) is 11.7 Å². The topological polar surface area (TPSA) is 15.3 Å². The van der Waals surface area contributed by atoms with E-state index < -0.39 is 0 Å². The molecule has 1 saturated heterocycles. The number of piperidine rings is 1. The van der Waals surface area contributed by atoms with Crippen LogP contribution in [0.15, 0.2) is 24.3 Å². The zero-order valence-corrected chi connectivity index (χ0v) is 14.1. The molecular weight excluding hydrogens is 256 g/mol. The van der Waals surface area contributed by atoms with Crippen molar-refractivity contribution >= 4 is 5.69 Å². The molecule has 2 rings (SSSR count). The van der Waals surface area contributed by atoms with Crippen molar-refractivity contribution in [2.45, 2.75) is 58.9 Å². The van der Waals surface area contributed by atoms with Crippen LogP contribution in [0.25, 0.3) is 0 Å². The van der Waals surface area contributed by atoms with Crippen molar-refractivity contribution in [3.63, 3.8) is 0 Å². The second-order valence-corrected chi connectivity index (χ2v) is 6.51. The molecule has 1 aliphatic heterocycles. The second kappa shape index (κ2) is 8.43. The largest absolute Gasteiger partial charge is 0.382 e. The van der Waals surface area contributed by atoms with E-state index >= 15 is 0 Å². The molecule has 0 saturated carbocycles. The van der Waals surface area contributed by atoms with Gasteiger partial charge in [-0.3, -0.25) is 0 Å². The van der Waals surface area contributed by atoms with Crippen molar-refractivity contribution in [3.8, 4) is 0 Å². The summed E-state index contributed by atoms with van der Waals surface area (Å²) >= 11 is 0. The first-order valence-electron chi connectivity index (χ1n) is 8.80. The molecule has 2 nitrogen and oxygen atoms in total. The van der Waals surface area contributed by atoms with Crippen molar-refractivity contribution in [1.82, 2.24) is 4.90 Å². The Kier molecular flexibility index (Phi) is 6.56. The van der Waals surface area contributed by atoms with Crippen LogP contribution in [-0.4, -0.2) is 30.6 Å². The zero-order valence-electron chi connectivity index (χ0n) is 14.1. The summed E-state index contributed by atoms with van der Waals surface area (Å²) in [5, 5.41) is 3.71. The second-order valence-electron chi connectivity index (χ2n) is 6.51. The van der Waals surface area contributed by atoms with Gasteiger partial charge in [0.05, 0.1) is 0 Å². The molecule has 1 aliphatic rings. The van der Waals surface area contributed by atoms with Gasteiger partial charge in [-0.15, -0.1) is 0 Å². The number of unbranched alkanes of at least 4 members (excludes halogenated alkanes) is 1. The summed E-state index contributed by atoms with van der Waals surface area (Å²) in [4.78, 5) is 2.56. The first kappa shape index (κ1) is 16.4. The summed E-state index contributed by atoms with van der Waals surface area (Å²) in [6.07, 6.45) is 6.43. The van der Waals surface area contributed by atoms with Crippen LogP contribution in [0.1, 0.15) is 52.0 Å². The number of aryl methyl sites for hydroxylation is 1. The van der Waals surface area contributed by atoms with E-state index in [1.54, 1.807) is 0 Å². The fourth-order valence-electron chi connectivity index (χ4n) is 3.30. The molecule has 1 fully saturated rings. The van der Waals surface area contributed by atoms with Crippen molar-refractivity contribution in [2.75, 3.05) is 25.0 Å². The highest BCUT2D eigenvalue weighted by molar-refractivity contribution is 5.45. The molecule has 1 aromatic rings. The van der Waals surface area contributed by atoms with Crippen LogP contribution < -0.4 is 5.32 Å². The minimum atomic E-state index is 0.575. The van der Waals surface area contributed by atoms with Crippen LogP contribution in [0, 0.1) is 5.92 Å². The lowest BCUT2D eigenvalue weighted by atomic mass is 9.90. The Morgan fingerprint density at radius 3 is 2.38 bits per heavy atom. The number of likely N-dealkylation sites (tertiary alicyclic amines) is 1. The van der Waals surface area contributed by atoms with E-state index in [9.17, 15) is 0 Å². The zero-order chi connectivity index (χ0) is 15.1. The van der Waals surface area contributed by atoms with Gasteiger partial charge >= 0.3 is 0 Å². The van der Waals surface area contributed by atoms with E-state index in [2.05, 4.69) is 55.3 Å². The molecule has 0 radical (unpaired) electrons. The van der Waals surface area contributed by atoms with Gasteiger partial charge in [0.1, 0.15) is 0 Å². The maximum atomic E-state index is 3.71. The Hall–Kier alpha value is -1.02. The Morgan fingerprint density at radius 1 is 1.14 bits per heavy atom. The van der Waals surface area contributed by atoms with E-state index in [1.165, 1.54) is 63.0 Å². The van der Waals surface area contributed by atoms with Crippen molar-refractivity contribution in [1.29, 1.82) is 0 Å². The third kappa shape index (κ3) is 5.03. The quantitative estimate of drug-likeness (QED) is 0.791. The van der Waals surface area contributed by atoms with Crippen molar-refractivity contribution < 1.29 is 0 Å². The van der Waals surface area contributed by atoms with Gasteiger partial charge in [0.25, 0.3) is 0 Å². The highest BCUT2D eigenvalue weighted by atomic mass is 15.1. The van der Waals surface area contributed by atoms with Gasteiger partial charge in [0.2, 0.25) is 0 Å². The van der Waals surface area contributed by atoms with Crippen LogP contribution in [0.4, 0.5) is 5.69 Å². The summed E-state index contributed by atoms with van der Waals surface area (Å²) < 4.78 is 0. The van der Waals surface area contributed by atoms with Crippen molar-refractivity contribution in [3.05, 3.63) is 29.8 Å². The number of rotatable bonds is 7. The molecule has 1 heterocycles. The Balaban J connectivity index is 1.81. The molecule has 0 amide bonds. The summed E-state index contributed by atoms with van der Waals surface area (Å²) in [5.74, 6) is 0.813. The van der Waals surface area contributed by atoms with Gasteiger partial charge in [-0.2, -0.15) is 0 Å². The minimum Gasteiger partial charge on any atom is -0.382 e. The number of nitrogens with one attached hydrogen (secondary N) is 1. The average molecular weight is 288 g/mol. The fraction of sp³-hybridized carbons (Fsp3) is 0.684. The lowest BCUT2D eigenvalue weighted by molar-refractivity contribution is 0.183. The Labute approximate surface area is 130 Å². The standard InChI is InChI=1S/C19H32N2/c1-4-6-7-17-8-10-19(11-9-17)20-16(3)18-12-14-21(5-2)15-13-18/h8-11,16,18,20H,4-7,12-15H2,1-3H3. The molecule has 118 valence electrons. The summed E-state index contributed by atoms with van der Waals surface area (Å²) in [6.45, 7) is 10.6. The van der Waals surface area contributed by atoms with E-state index in [4.69, 9.17) is 0 Å². The number of hydrogen-bond donors (Lipinski definition) is 1. The van der Waals surface area contributed by atoms with Crippen LogP contribution in [0.2, 0.25) is 0 Å². The molecule has 1 aromatic carbocycles. The normalized spacial score (nSPS) is 18.6. The first-order valence-corrected chi connectivity index (χ1v) is 8.80. The molecule has 1 atom stereocenters. The first-order chi connectivity index (χ1) is 10.2. The minimum absolute atomic E-state index is 0.575. The van der Waals surface area contributed by atoms with Crippen LogP contribution in [0.5, 0.6) is 0 Å². The molecule has 21 heavy (non-hydrogen) atoms. The van der Waals surface area contributed by atoms with Gasteiger partial charge in [-0.25, -0.2) is 0 Å². The lowest BCUT2D eigenvalue weighted by Gasteiger charge is -2.34. The van der Waals surface area contributed by atoms with Crippen LogP contribution in [-0.2, 0) is 6.42 Å². The third-order valence-electron chi connectivity index (χ3n) is 4.95. The highest BCUT2D eigenvalue weighted by Gasteiger charge is 2.22. The highest BCUT2D eigenvalue weighted by Crippen LogP contribution is 2.23. The number of benzene rings is 1. The molecular formula is C19H32N2. The van der Waals surface area contributed by atoms with E-state index in [0.29, 0.717) is 6.04 Å². The van der Waals surface area contributed by atoms with Gasteiger partial charge in [-0.1, -0.05) is 32.4 Å². The summed E-state index contributed by atoms with van der Waals surface area (Å²) in [7, 11) is 0. The molecule has 0 spiro atoms. The smallest absolute Gasteiger partial charge is 0.0342 e. The summed E-state index contributed by atoms with van der Waals surface area (Å²) in [5.41, 5.74) is 2.74. The number of anilines is 1.